The number of carbonyl (C=O) groups is 1. The number of rotatable bonds is 5. The van der Waals surface area contributed by atoms with Crippen LogP contribution in [0, 0.1) is 11.8 Å². The molecule has 2 aliphatic rings. The summed E-state index contributed by atoms with van der Waals surface area (Å²) in [7, 11) is 0. The van der Waals surface area contributed by atoms with Gasteiger partial charge in [0.2, 0.25) is 0 Å². The fourth-order valence-electron chi connectivity index (χ4n) is 3.08. The smallest absolute Gasteiger partial charge is 0.272 e. The molecule has 2 aromatic rings. The Balaban J connectivity index is 1.49. The minimum Gasteiger partial charge on any atom is -0.381 e. The fourth-order valence-corrected chi connectivity index (χ4v) is 3.08. The van der Waals surface area contributed by atoms with Crippen LogP contribution >= 0.6 is 0 Å². The van der Waals surface area contributed by atoms with Gasteiger partial charge in [-0.05, 0) is 24.8 Å². The maximum Gasteiger partial charge on any atom is 0.272 e. The lowest BCUT2D eigenvalue weighted by atomic mass is 10.1. The molecule has 24 heavy (non-hydrogen) atoms. The summed E-state index contributed by atoms with van der Waals surface area (Å²) in [6.07, 6.45) is 9.24. The van der Waals surface area contributed by atoms with Gasteiger partial charge in [-0.3, -0.25) is 4.79 Å². The van der Waals surface area contributed by atoms with Crippen LogP contribution in [0.2, 0.25) is 0 Å². The maximum absolute atomic E-state index is 12.8. The third kappa shape index (κ3) is 3.46. The van der Waals surface area contributed by atoms with Crippen LogP contribution in [0.15, 0.2) is 31.1 Å². The highest BCUT2D eigenvalue weighted by molar-refractivity contribution is 5.92. The number of fused-ring (bicyclic) bond motifs is 1. The number of carbonyl (C=O) groups excluding carboxylic acids is 1. The van der Waals surface area contributed by atoms with Gasteiger partial charge in [-0.15, -0.1) is 0 Å². The van der Waals surface area contributed by atoms with Gasteiger partial charge < -0.3 is 14.2 Å². The topological polar surface area (TPSA) is 73.1 Å². The molecule has 0 saturated heterocycles. The normalized spacial score (nSPS) is 20.5. The summed E-state index contributed by atoms with van der Waals surface area (Å²) in [5, 5.41) is 0. The molecule has 1 amide bonds. The van der Waals surface area contributed by atoms with Gasteiger partial charge in [0.25, 0.3) is 5.91 Å². The molecule has 1 aliphatic heterocycles. The van der Waals surface area contributed by atoms with Gasteiger partial charge in [0.05, 0.1) is 25.2 Å². The van der Waals surface area contributed by atoms with Gasteiger partial charge in [-0.2, -0.15) is 0 Å². The Hall–Kier alpha value is -2.28. The van der Waals surface area contributed by atoms with Crippen molar-refractivity contribution < 1.29 is 9.53 Å². The van der Waals surface area contributed by atoms with Crippen molar-refractivity contribution in [1.29, 1.82) is 0 Å². The molecule has 0 N–H and O–H groups in total. The molecule has 7 heteroatoms. The SMILES string of the molecule is O=C(c1ccncn1)N1Cc2cncn2C[C@H](COCC2CC2)C1. The zero-order chi connectivity index (χ0) is 16.4. The van der Waals surface area contributed by atoms with Crippen molar-refractivity contribution in [1.82, 2.24) is 24.4 Å². The van der Waals surface area contributed by atoms with E-state index in [0.717, 1.165) is 24.8 Å². The molecule has 126 valence electrons. The van der Waals surface area contributed by atoms with Crippen LogP contribution in [-0.4, -0.2) is 50.1 Å². The molecule has 1 fully saturated rings. The maximum atomic E-state index is 12.8. The molecule has 0 bridgehead atoms. The number of aromatic nitrogens is 4. The van der Waals surface area contributed by atoms with E-state index < -0.39 is 0 Å². The summed E-state index contributed by atoms with van der Waals surface area (Å²) in [5.41, 5.74) is 1.47. The highest BCUT2D eigenvalue weighted by Gasteiger charge is 2.27. The van der Waals surface area contributed by atoms with E-state index in [2.05, 4.69) is 19.5 Å². The Labute approximate surface area is 140 Å². The van der Waals surface area contributed by atoms with Crippen molar-refractivity contribution >= 4 is 5.91 Å². The van der Waals surface area contributed by atoms with Crippen molar-refractivity contribution in [2.45, 2.75) is 25.9 Å². The van der Waals surface area contributed by atoms with Crippen LogP contribution in [0.25, 0.3) is 0 Å². The first-order chi connectivity index (χ1) is 11.8. The molecular weight excluding hydrogens is 306 g/mol. The van der Waals surface area contributed by atoms with Crippen molar-refractivity contribution in [3.05, 3.63) is 42.5 Å². The average molecular weight is 327 g/mol. The Bertz CT molecular complexity index is 698. The first-order valence-corrected chi connectivity index (χ1v) is 8.41. The largest absolute Gasteiger partial charge is 0.381 e. The third-order valence-corrected chi connectivity index (χ3v) is 4.58. The third-order valence-electron chi connectivity index (χ3n) is 4.58. The number of ether oxygens (including phenoxy) is 1. The van der Waals surface area contributed by atoms with Crippen molar-refractivity contribution in [2.75, 3.05) is 19.8 Å². The number of hydrogen-bond donors (Lipinski definition) is 0. The molecule has 7 nitrogen and oxygen atoms in total. The van der Waals surface area contributed by atoms with Gasteiger partial charge in [-0.25, -0.2) is 15.0 Å². The van der Waals surface area contributed by atoms with Crippen molar-refractivity contribution in [3.63, 3.8) is 0 Å². The predicted octanol–water partition coefficient (Wildman–Crippen LogP) is 1.37. The summed E-state index contributed by atoms with van der Waals surface area (Å²) in [5.74, 6) is 0.933. The van der Waals surface area contributed by atoms with Gasteiger partial charge in [0, 0.05) is 38.0 Å². The van der Waals surface area contributed by atoms with E-state index in [1.807, 2.05) is 17.4 Å². The van der Waals surface area contributed by atoms with Gasteiger partial charge in [0.15, 0.2) is 0 Å². The Morgan fingerprint density at radius 3 is 2.88 bits per heavy atom. The van der Waals surface area contributed by atoms with Crippen LogP contribution < -0.4 is 0 Å². The average Bonchev–Trinajstić information content (AvgIpc) is 3.37. The molecule has 0 aromatic carbocycles. The first kappa shape index (κ1) is 15.3. The number of imidazole rings is 1. The van der Waals surface area contributed by atoms with E-state index >= 15 is 0 Å². The Morgan fingerprint density at radius 2 is 2.08 bits per heavy atom. The molecule has 2 aromatic heterocycles. The lowest BCUT2D eigenvalue weighted by Crippen LogP contribution is -2.35. The van der Waals surface area contributed by atoms with Crippen molar-refractivity contribution in [3.8, 4) is 0 Å². The Kier molecular flexibility index (Phi) is 4.25. The summed E-state index contributed by atoms with van der Waals surface area (Å²) in [6, 6.07) is 1.66. The quantitative estimate of drug-likeness (QED) is 0.829. The zero-order valence-corrected chi connectivity index (χ0v) is 13.5. The molecule has 1 saturated carbocycles. The van der Waals surface area contributed by atoms with Gasteiger partial charge in [0.1, 0.15) is 12.0 Å². The van der Waals surface area contributed by atoms with Crippen molar-refractivity contribution in [2.24, 2.45) is 11.8 Å². The number of nitrogens with zero attached hydrogens (tertiary/aromatic N) is 5. The van der Waals surface area contributed by atoms with Crippen LogP contribution in [0.1, 0.15) is 29.0 Å². The molecular formula is C17H21N5O2. The molecule has 1 aliphatic carbocycles. The molecule has 0 spiro atoms. The van der Waals surface area contributed by atoms with Crippen LogP contribution in [0.3, 0.4) is 0 Å². The van der Waals surface area contributed by atoms with Gasteiger partial charge in [-0.1, -0.05) is 0 Å². The number of amides is 1. The Morgan fingerprint density at radius 1 is 1.21 bits per heavy atom. The van der Waals surface area contributed by atoms with Crippen LogP contribution in [0.5, 0.6) is 0 Å². The van der Waals surface area contributed by atoms with E-state index in [9.17, 15) is 4.79 Å². The second-order valence-electron chi connectivity index (χ2n) is 6.66. The first-order valence-electron chi connectivity index (χ1n) is 8.41. The van der Waals surface area contributed by atoms with Crippen LogP contribution in [0.4, 0.5) is 0 Å². The zero-order valence-electron chi connectivity index (χ0n) is 13.5. The van der Waals surface area contributed by atoms with E-state index in [4.69, 9.17) is 4.74 Å². The van der Waals surface area contributed by atoms with E-state index in [1.54, 1.807) is 12.3 Å². The second-order valence-corrected chi connectivity index (χ2v) is 6.66. The highest BCUT2D eigenvalue weighted by atomic mass is 16.5. The van der Waals surface area contributed by atoms with E-state index in [1.165, 1.54) is 19.2 Å². The summed E-state index contributed by atoms with van der Waals surface area (Å²) in [4.78, 5) is 26.8. The molecule has 3 heterocycles. The summed E-state index contributed by atoms with van der Waals surface area (Å²) >= 11 is 0. The highest BCUT2D eigenvalue weighted by Crippen LogP contribution is 2.29. The predicted molar refractivity (Wildman–Crippen MR) is 86.0 cm³/mol. The minimum atomic E-state index is -0.0701. The van der Waals surface area contributed by atoms with E-state index in [0.29, 0.717) is 25.4 Å². The molecule has 0 unspecified atom stereocenters. The van der Waals surface area contributed by atoms with Crippen LogP contribution in [-0.2, 0) is 17.8 Å². The molecule has 0 radical (unpaired) electrons. The lowest BCUT2D eigenvalue weighted by Gasteiger charge is -2.23. The molecule has 4 rings (SSSR count). The minimum absolute atomic E-state index is 0.0701. The second kappa shape index (κ2) is 6.68. The number of hydrogen-bond acceptors (Lipinski definition) is 5. The fraction of sp³-hybridized carbons (Fsp3) is 0.529. The van der Waals surface area contributed by atoms with Gasteiger partial charge >= 0.3 is 0 Å². The van der Waals surface area contributed by atoms with E-state index in [-0.39, 0.29) is 11.8 Å². The summed E-state index contributed by atoms with van der Waals surface area (Å²) < 4.78 is 8.00. The monoisotopic (exact) mass is 327 g/mol. The summed E-state index contributed by atoms with van der Waals surface area (Å²) in [6.45, 7) is 3.54. The molecule has 1 atom stereocenters. The standard InChI is InChI=1S/C17H21N5O2/c23-17(16-3-4-18-11-20-16)21-6-14(10-24-9-13-1-2-13)7-22-12-19-5-15(22)8-21/h3-5,11-14H,1-2,6-10H2/t14-/m1/s1. The lowest BCUT2D eigenvalue weighted by molar-refractivity contribution is 0.0567.